The van der Waals surface area contributed by atoms with Crippen LogP contribution in [-0.4, -0.2) is 49.3 Å². The largest absolute Gasteiger partial charge is 0.494 e. The van der Waals surface area contributed by atoms with Crippen molar-refractivity contribution in [3.63, 3.8) is 0 Å². The molecule has 1 saturated carbocycles. The molecule has 29 heavy (non-hydrogen) atoms. The fraction of sp³-hybridized carbons (Fsp3) is 0.708. The Kier molecular flexibility index (Phi) is 7.96. The van der Waals surface area contributed by atoms with E-state index in [0.29, 0.717) is 12.0 Å². The predicted molar refractivity (Wildman–Crippen MR) is 117 cm³/mol. The molecular weight excluding hydrogens is 364 g/mol. The van der Waals surface area contributed by atoms with Crippen molar-refractivity contribution in [2.24, 2.45) is 5.92 Å². The Bertz CT molecular complexity index is 648. The molecule has 3 rings (SSSR count). The molecule has 1 saturated heterocycles. The summed E-state index contributed by atoms with van der Waals surface area (Å²) in [5, 5.41) is 3.04. The van der Waals surface area contributed by atoms with Gasteiger partial charge < -0.3 is 19.7 Å². The van der Waals surface area contributed by atoms with Crippen molar-refractivity contribution < 1.29 is 14.3 Å². The van der Waals surface area contributed by atoms with Crippen LogP contribution in [0.25, 0.3) is 0 Å². The Morgan fingerprint density at radius 1 is 1.17 bits per heavy atom. The SMILES string of the molecule is CO[C@]1(C(=O)Nc2ccc(OCCCN3CCCC[C@@H]3C)cc2)CCC[C@H](C)C1. The molecule has 2 aliphatic rings. The zero-order valence-corrected chi connectivity index (χ0v) is 18.4. The second kappa shape index (κ2) is 10.4. The van der Waals surface area contributed by atoms with Crippen molar-refractivity contribution in [2.45, 2.75) is 76.9 Å². The molecule has 1 amide bonds. The van der Waals surface area contributed by atoms with E-state index < -0.39 is 5.60 Å². The number of methoxy groups -OCH3 is 1. The van der Waals surface area contributed by atoms with Gasteiger partial charge in [0.2, 0.25) is 0 Å². The van der Waals surface area contributed by atoms with E-state index in [4.69, 9.17) is 9.47 Å². The highest BCUT2D eigenvalue weighted by molar-refractivity contribution is 5.97. The minimum absolute atomic E-state index is 0.0316. The average Bonchev–Trinajstić information content (AvgIpc) is 2.73. The number of hydrogen-bond acceptors (Lipinski definition) is 4. The minimum Gasteiger partial charge on any atom is -0.494 e. The summed E-state index contributed by atoms with van der Waals surface area (Å²) in [5.41, 5.74) is 0.0949. The lowest BCUT2D eigenvalue weighted by Crippen LogP contribution is -2.47. The van der Waals surface area contributed by atoms with Crippen LogP contribution in [0.4, 0.5) is 5.69 Å². The summed E-state index contributed by atoms with van der Waals surface area (Å²) < 4.78 is 11.6. The van der Waals surface area contributed by atoms with Gasteiger partial charge in [0, 0.05) is 25.4 Å². The fourth-order valence-electron chi connectivity index (χ4n) is 4.81. The second-order valence-corrected chi connectivity index (χ2v) is 8.96. The molecular formula is C24H38N2O3. The van der Waals surface area contributed by atoms with Gasteiger partial charge in [0.15, 0.2) is 0 Å². The first-order valence-electron chi connectivity index (χ1n) is 11.4. The van der Waals surface area contributed by atoms with E-state index in [2.05, 4.69) is 24.1 Å². The van der Waals surface area contributed by atoms with Gasteiger partial charge in [-0.3, -0.25) is 4.79 Å². The van der Waals surface area contributed by atoms with Crippen LogP contribution in [-0.2, 0) is 9.53 Å². The Morgan fingerprint density at radius 2 is 1.97 bits per heavy atom. The van der Waals surface area contributed by atoms with Crippen molar-refractivity contribution in [1.82, 2.24) is 4.90 Å². The van der Waals surface area contributed by atoms with E-state index in [1.54, 1.807) is 7.11 Å². The lowest BCUT2D eigenvalue weighted by Gasteiger charge is -2.37. The molecule has 0 spiro atoms. The maximum atomic E-state index is 12.9. The zero-order chi connectivity index (χ0) is 20.7. The van der Waals surface area contributed by atoms with Gasteiger partial charge >= 0.3 is 0 Å². The van der Waals surface area contributed by atoms with E-state index in [0.717, 1.165) is 50.3 Å². The molecule has 2 fully saturated rings. The normalized spacial score (nSPS) is 28.1. The molecule has 0 aromatic heterocycles. The van der Waals surface area contributed by atoms with Gasteiger partial charge in [0.1, 0.15) is 11.4 Å². The Morgan fingerprint density at radius 3 is 2.66 bits per heavy atom. The van der Waals surface area contributed by atoms with Crippen molar-refractivity contribution >= 4 is 11.6 Å². The number of nitrogens with one attached hydrogen (secondary N) is 1. The summed E-state index contributed by atoms with van der Waals surface area (Å²) in [5.74, 6) is 1.33. The van der Waals surface area contributed by atoms with Crippen molar-refractivity contribution in [3.05, 3.63) is 24.3 Å². The van der Waals surface area contributed by atoms with Crippen LogP contribution in [0.3, 0.4) is 0 Å². The predicted octanol–water partition coefficient (Wildman–Crippen LogP) is 4.86. The van der Waals surface area contributed by atoms with Gasteiger partial charge in [-0.15, -0.1) is 0 Å². The van der Waals surface area contributed by atoms with Gasteiger partial charge in [-0.2, -0.15) is 0 Å². The fourth-order valence-corrected chi connectivity index (χ4v) is 4.81. The van der Waals surface area contributed by atoms with Gasteiger partial charge in [-0.1, -0.05) is 19.8 Å². The molecule has 5 nitrogen and oxygen atoms in total. The summed E-state index contributed by atoms with van der Waals surface area (Å²) in [7, 11) is 1.65. The van der Waals surface area contributed by atoms with E-state index in [1.807, 2.05) is 24.3 Å². The van der Waals surface area contributed by atoms with Crippen LogP contribution in [0, 0.1) is 5.92 Å². The van der Waals surface area contributed by atoms with E-state index in [-0.39, 0.29) is 5.91 Å². The monoisotopic (exact) mass is 402 g/mol. The topological polar surface area (TPSA) is 50.8 Å². The van der Waals surface area contributed by atoms with Gasteiger partial charge in [0.25, 0.3) is 5.91 Å². The van der Waals surface area contributed by atoms with Crippen LogP contribution in [0.1, 0.15) is 65.2 Å². The number of piperidine rings is 1. The summed E-state index contributed by atoms with van der Waals surface area (Å²) in [4.78, 5) is 15.4. The smallest absolute Gasteiger partial charge is 0.256 e. The van der Waals surface area contributed by atoms with Crippen LogP contribution in [0.15, 0.2) is 24.3 Å². The van der Waals surface area contributed by atoms with Gasteiger partial charge in [-0.05, 0) is 82.2 Å². The summed E-state index contributed by atoms with van der Waals surface area (Å²) in [6.45, 7) is 7.57. The highest BCUT2D eigenvalue weighted by Crippen LogP contribution is 2.35. The van der Waals surface area contributed by atoms with E-state index >= 15 is 0 Å². The van der Waals surface area contributed by atoms with Crippen molar-refractivity contribution in [3.8, 4) is 5.75 Å². The number of likely N-dealkylation sites (tertiary alicyclic amines) is 1. The van der Waals surface area contributed by atoms with E-state index in [1.165, 1.54) is 32.2 Å². The maximum Gasteiger partial charge on any atom is 0.256 e. The van der Waals surface area contributed by atoms with Crippen LogP contribution < -0.4 is 10.1 Å². The minimum atomic E-state index is -0.696. The number of carbonyl (C=O) groups excluding carboxylic acids is 1. The highest BCUT2D eigenvalue weighted by Gasteiger charge is 2.41. The van der Waals surface area contributed by atoms with Gasteiger partial charge in [-0.25, -0.2) is 0 Å². The van der Waals surface area contributed by atoms with Crippen molar-refractivity contribution in [2.75, 3.05) is 32.1 Å². The van der Waals surface area contributed by atoms with Crippen LogP contribution >= 0.6 is 0 Å². The Hall–Kier alpha value is -1.59. The molecule has 0 bridgehead atoms. The zero-order valence-electron chi connectivity index (χ0n) is 18.4. The molecule has 1 aromatic carbocycles. The maximum absolute atomic E-state index is 12.9. The quantitative estimate of drug-likeness (QED) is 0.631. The Labute approximate surface area is 176 Å². The number of amides is 1. The number of carbonyl (C=O) groups is 1. The number of nitrogens with zero attached hydrogens (tertiary/aromatic N) is 1. The standard InChI is InChI=1S/C24H38N2O3/c1-19-8-6-14-24(18-19,28-3)23(27)25-21-10-12-22(13-11-21)29-17-7-16-26-15-5-4-9-20(26)2/h10-13,19-20H,4-9,14-18H2,1-3H3,(H,25,27)/t19-,20-,24+/m0/s1. The molecule has 3 atom stereocenters. The van der Waals surface area contributed by atoms with Crippen LogP contribution in [0.5, 0.6) is 5.75 Å². The summed E-state index contributed by atoms with van der Waals surface area (Å²) in [6.07, 6.45) is 8.81. The molecule has 1 aliphatic heterocycles. The lowest BCUT2D eigenvalue weighted by atomic mass is 9.78. The summed E-state index contributed by atoms with van der Waals surface area (Å²) in [6, 6.07) is 8.39. The van der Waals surface area contributed by atoms with Crippen molar-refractivity contribution in [1.29, 1.82) is 0 Å². The molecule has 1 N–H and O–H groups in total. The summed E-state index contributed by atoms with van der Waals surface area (Å²) >= 11 is 0. The molecule has 1 aromatic rings. The highest BCUT2D eigenvalue weighted by atomic mass is 16.5. The first kappa shape index (κ1) is 22.1. The third-order valence-corrected chi connectivity index (χ3v) is 6.67. The average molecular weight is 403 g/mol. The van der Waals surface area contributed by atoms with Crippen LogP contribution in [0.2, 0.25) is 0 Å². The number of hydrogen-bond donors (Lipinski definition) is 1. The molecule has 0 radical (unpaired) electrons. The molecule has 1 aliphatic carbocycles. The third kappa shape index (κ3) is 5.95. The third-order valence-electron chi connectivity index (χ3n) is 6.67. The molecule has 1 heterocycles. The first-order valence-corrected chi connectivity index (χ1v) is 11.4. The number of anilines is 1. The molecule has 0 unspecified atom stereocenters. The second-order valence-electron chi connectivity index (χ2n) is 8.96. The molecule has 5 heteroatoms. The molecule has 162 valence electrons. The number of rotatable bonds is 8. The number of benzene rings is 1. The number of ether oxygens (including phenoxy) is 2. The van der Waals surface area contributed by atoms with Gasteiger partial charge in [0.05, 0.1) is 6.61 Å². The van der Waals surface area contributed by atoms with E-state index in [9.17, 15) is 4.79 Å². The lowest BCUT2D eigenvalue weighted by molar-refractivity contribution is -0.143. The first-order chi connectivity index (χ1) is 14.0. The Balaban J connectivity index is 1.44.